The fraction of sp³-hybridized carbons (Fsp3) is 0.467. The third-order valence-electron chi connectivity index (χ3n) is 3.10. The first-order valence-corrected chi connectivity index (χ1v) is 7.58. The summed E-state index contributed by atoms with van der Waals surface area (Å²) in [4.78, 5) is 4.38. The summed E-state index contributed by atoms with van der Waals surface area (Å²) < 4.78 is 19.4. The van der Waals surface area contributed by atoms with E-state index in [2.05, 4.69) is 46.8 Å². The van der Waals surface area contributed by atoms with E-state index in [1.165, 1.54) is 12.1 Å². The molecule has 0 aliphatic rings. The molecule has 0 fully saturated rings. The maximum atomic E-state index is 13.4. The average Bonchev–Trinajstić information content (AvgIpc) is 2.87. The van der Waals surface area contributed by atoms with Crippen molar-refractivity contribution in [1.82, 2.24) is 10.1 Å². The van der Waals surface area contributed by atoms with Crippen LogP contribution in [0.5, 0.6) is 0 Å². The minimum atomic E-state index is -0.343. The Morgan fingerprint density at radius 3 is 2.71 bits per heavy atom. The lowest BCUT2D eigenvalue weighted by Crippen LogP contribution is -2.19. The van der Waals surface area contributed by atoms with E-state index < -0.39 is 0 Å². The lowest BCUT2D eigenvalue weighted by atomic mass is 9.84. The van der Waals surface area contributed by atoms with E-state index >= 15 is 0 Å². The van der Waals surface area contributed by atoms with Crippen molar-refractivity contribution in [2.24, 2.45) is 11.1 Å². The molecular weight excluding hydrogens is 337 g/mol. The van der Waals surface area contributed by atoms with Gasteiger partial charge in [0.1, 0.15) is 5.82 Å². The minimum absolute atomic E-state index is 0.00131. The lowest BCUT2D eigenvalue weighted by molar-refractivity contribution is 0.287. The molecule has 2 rings (SSSR count). The van der Waals surface area contributed by atoms with Gasteiger partial charge < -0.3 is 10.3 Å². The van der Waals surface area contributed by atoms with Crippen molar-refractivity contribution in [2.45, 2.75) is 33.1 Å². The molecule has 0 aliphatic carbocycles. The Morgan fingerprint density at radius 2 is 2.10 bits per heavy atom. The smallest absolute Gasteiger partial charge is 0.231 e. The number of aromatic nitrogens is 2. The number of nitrogens with zero attached hydrogens (tertiary/aromatic N) is 2. The molecule has 114 valence electrons. The molecule has 1 aromatic carbocycles. The molecule has 0 bridgehead atoms. The van der Waals surface area contributed by atoms with E-state index in [1.807, 2.05) is 0 Å². The number of halogens is 2. The van der Waals surface area contributed by atoms with E-state index in [0.717, 1.165) is 10.9 Å². The third kappa shape index (κ3) is 4.11. The molecule has 0 aliphatic heterocycles. The highest BCUT2D eigenvalue weighted by atomic mass is 79.9. The molecule has 1 aromatic heterocycles. The SMILES string of the molecule is CC(C)(C)CC(CN)c1nc(-c2cc(F)ccc2Br)no1. The number of nitrogens with two attached hydrogens (primary N) is 1. The molecule has 21 heavy (non-hydrogen) atoms. The van der Waals surface area contributed by atoms with Crippen LogP contribution in [0.25, 0.3) is 11.4 Å². The van der Waals surface area contributed by atoms with Gasteiger partial charge in [-0.2, -0.15) is 4.98 Å². The van der Waals surface area contributed by atoms with Crippen LogP contribution >= 0.6 is 15.9 Å². The molecule has 6 heteroatoms. The minimum Gasteiger partial charge on any atom is -0.339 e. The topological polar surface area (TPSA) is 64.9 Å². The Hall–Kier alpha value is -1.27. The van der Waals surface area contributed by atoms with Gasteiger partial charge in [0.2, 0.25) is 11.7 Å². The van der Waals surface area contributed by atoms with Gasteiger partial charge in [-0.3, -0.25) is 0 Å². The van der Waals surface area contributed by atoms with E-state index in [9.17, 15) is 4.39 Å². The van der Waals surface area contributed by atoms with E-state index in [4.69, 9.17) is 10.3 Å². The quantitative estimate of drug-likeness (QED) is 0.895. The number of hydrogen-bond acceptors (Lipinski definition) is 4. The second-order valence-electron chi connectivity index (χ2n) is 6.28. The maximum absolute atomic E-state index is 13.4. The van der Waals surface area contributed by atoms with Crippen LogP contribution in [0.1, 0.15) is 39.0 Å². The monoisotopic (exact) mass is 355 g/mol. The van der Waals surface area contributed by atoms with Crippen LogP contribution in [0.3, 0.4) is 0 Å². The van der Waals surface area contributed by atoms with Crippen LogP contribution in [0.2, 0.25) is 0 Å². The second kappa shape index (κ2) is 6.23. The molecule has 4 nitrogen and oxygen atoms in total. The van der Waals surface area contributed by atoms with Gasteiger partial charge in [0, 0.05) is 16.6 Å². The Bertz CT molecular complexity index is 622. The highest BCUT2D eigenvalue weighted by Crippen LogP contribution is 2.32. The van der Waals surface area contributed by atoms with Crippen LogP contribution < -0.4 is 5.73 Å². The largest absolute Gasteiger partial charge is 0.339 e. The van der Waals surface area contributed by atoms with Crippen LogP contribution in [0.15, 0.2) is 27.2 Å². The highest BCUT2D eigenvalue weighted by Gasteiger charge is 2.24. The molecule has 2 aromatic rings. The van der Waals surface area contributed by atoms with Gasteiger partial charge in [0.15, 0.2) is 0 Å². The number of rotatable bonds is 4. The normalized spacial score (nSPS) is 13.4. The van der Waals surface area contributed by atoms with E-state index in [0.29, 0.717) is 23.8 Å². The fourth-order valence-corrected chi connectivity index (χ4v) is 2.61. The maximum Gasteiger partial charge on any atom is 0.231 e. The summed E-state index contributed by atoms with van der Waals surface area (Å²) in [6.07, 6.45) is 0.843. The molecule has 0 saturated carbocycles. The number of benzene rings is 1. The van der Waals surface area contributed by atoms with Gasteiger partial charge in [0.25, 0.3) is 0 Å². The molecule has 0 spiro atoms. The van der Waals surface area contributed by atoms with Crippen molar-refractivity contribution in [3.8, 4) is 11.4 Å². The van der Waals surface area contributed by atoms with Gasteiger partial charge in [-0.25, -0.2) is 4.39 Å². The zero-order chi connectivity index (χ0) is 15.6. The van der Waals surface area contributed by atoms with E-state index in [-0.39, 0.29) is 17.2 Å². The Morgan fingerprint density at radius 1 is 1.38 bits per heavy atom. The molecule has 0 radical (unpaired) electrons. The Kier molecular flexibility index (Phi) is 4.78. The Labute approximate surface area is 132 Å². The molecule has 1 heterocycles. The number of hydrogen-bond donors (Lipinski definition) is 1. The molecular formula is C15H19BrFN3O. The summed E-state index contributed by atoms with van der Waals surface area (Å²) in [5, 5.41) is 3.95. The van der Waals surface area contributed by atoms with Gasteiger partial charge in [-0.1, -0.05) is 41.9 Å². The predicted molar refractivity (Wildman–Crippen MR) is 83.3 cm³/mol. The lowest BCUT2D eigenvalue weighted by Gasteiger charge is -2.22. The van der Waals surface area contributed by atoms with Crippen LogP contribution in [-0.2, 0) is 0 Å². The van der Waals surface area contributed by atoms with Crippen molar-refractivity contribution < 1.29 is 8.91 Å². The standard InChI is InChI=1S/C15H19BrFN3O/c1-15(2,3)7-9(8-18)14-19-13(20-21-14)11-6-10(17)4-5-12(11)16/h4-6,9H,7-8,18H2,1-3H3. The van der Waals surface area contributed by atoms with Crippen LogP contribution in [0, 0.1) is 11.2 Å². The van der Waals surface area contributed by atoms with Crippen LogP contribution in [0.4, 0.5) is 4.39 Å². The molecule has 0 amide bonds. The molecule has 1 unspecified atom stereocenters. The molecule has 1 atom stereocenters. The Balaban J connectivity index is 2.30. The van der Waals surface area contributed by atoms with Crippen molar-refractivity contribution in [3.05, 3.63) is 34.4 Å². The van der Waals surface area contributed by atoms with Gasteiger partial charge in [-0.05, 0) is 30.0 Å². The van der Waals surface area contributed by atoms with Crippen molar-refractivity contribution in [3.63, 3.8) is 0 Å². The van der Waals surface area contributed by atoms with Crippen LogP contribution in [-0.4, -0.2) is 16.7 Å². The first kappa shape index (κ1) is 16.1. The van der Waals surface area contributed by atoms with Gasteiger partial charge >= 0.3 is 0 Å². The van der Waals surface area contributed by atoms with E-state index in [1.54, 1.807) is 6.07 Å². The van der Waals surface area contributed by atoms with Crippen molar-refractivity contribution >= 4 is 15.9 Å². The summed E-state index contributed by atoms with van der Waals surface area (Å²) in [7, 11) is 0. The summed E-state index contributed by atoms with van der Waals surface area (Å²) >= 11 is 3.37. The molecule has 0 saturated heterocycles. The van der Waals surface area contributed by atoms with Gasteiger partial charge in [0.05, 0.1) is 5.92 Å². The predicted octanol–water partition coefficient (Wildman–Crippen LogP) is 4.12. The van der Waals surface area contributed by atoms with Gasteiger partial charge in [-0.15, -0.1) is 0 Å². The average molecular weight is 356 g/mol. The summed E-state index contributed by atoms with van der Waals surface area (Å²) in [6.45, 7) is 6.84. The summed E-state index contributed by atoms with van der Waals surface area (Å²) in [6, 6.07) is 4.37. The summed E-state index contributed by atoms with van der Waals surface area (Å²) in [5.74, 6) is 0.519. The summed E-state index contributed by atoms with van der Waals surface area (Å²) in [5.41, 5.74) is 6.49. The van der Waals surface area contributed by atoms with Crippen molar-refractivity contribution in [2.75, 3.05) is 6.54 Å². The first-order chi connectivity index (χ1) is 9.80. The zero-order valence-corrected chi connectivity index (χ0v) is 13.9. The fourth-order valence-electron chi connectivity index (χ4n) is 2.19. The molecule has 2 N–H and O–H groups in total. The first-order valence-electron chi connectivity index (χ1n) is 6.79. The van der Waals surface area contributed by atoms with Crippen molar-refractivity contribution in [1.29, 1.82) is 0 Å². The second-order valence-corrected chi connectivity index (χ2v) is 7.13. The highest BCUT2D eigenvalue weighted by molar-refractivity contribution is 9.10. The third-order valence-corrected chi connectivity index (χ3v) is 3.80. The zero-order valence-electron chi connectivity index (χ0n) is 12.4.